The Kier molecular flexibility index (Phi) is 6.00. The first-order chi connectivity index (χ1) is 12.1. The van der Waals surface area contributed by atoms with E-state index in [1.165, 1.54) is 0 Å². The molecule has 1 aliphatic heterocycles. The lowest BCUT2D eigenvalue weighted by atomic mass is 9.96. The van der Waals surface area contributed by atoms with E-state index >= 15 is 0 Å². The minimum atomic E-state index is -0.000586. The maximum absolute atomic E-state index is 9.16. The Morgan fingerprint density at radius 2 is 2.04 bits per heavy atom. The van der Waals surface area contributed by atoms with Gasteiger partial charge in [0.15, 0.2) is 5.13 Å². The second kappa shape index (κ2) is 8.22. The van der Waals surface area contributed by atoms with Crippen molar-refractivity contribution in [3.8, 4) is 0 Å². The van der Waals surface area contributed by atoms with Gasteiger partial charge in [0, 0.05) is 38.0 Å². The molecule has 9 heteroatoms. The molecule has 1 aliphatic rings. The lowest BCUT2D eigenvalue weighted by molar-refractivity contribution is 0.213. The van der Waals surface area contributed by atoms with Crippen molar-refractivity contribution in [2.45, 2.75) is 31.9 Å². The molecule has 2 N–H and O–H groups in total. The number of aliphatic hydroxyl groups is 2. The molecule has 0 saturated carbocycles. The summed E-state index contributed by atoms with van der Waals surface area (Å²) in [6, 6.07) is 0. The maximum Gasteiger partial charge on any atom is 0.185 e. The van der Waals surface area contributed by atoms with E-state index in [4.69, 9.17) is 10.2 Å². The summed E-state index contributed by atoms with van der Waals surface area (Å²) < 4.78 is 2.10. The first-order valence-electron chi connectivity index (χ1n) is 8.60. The van der Waals surface area contributed by atoms with Crippen LogP contribution in [-0.4, -0.2) is 68.2 Å². The third-order valence-corrected chi connectivity index (χ3v) is 5.67. The van der Waals surface area contributed by atoms with E-state index in [1.54, 1.807) is 11.3 Å². The summed E-state index contributed by atoms with van der Waals surface area (Å²) in [7, 11) is 4.00. The number of rotatable bonds is 7. The number of piperidine rings is 1. The van der Waals surface area contributed by atoms with Crippen molar-refractivity contribution in [1.82, 2.24) is 24.6 Å². The van der Waals surface area contributed by atoms with Gasteiger partial charge in [-0.2, -0.15) is 0 Å². The summed E-state index contributed by atoms with van der Waals surface area (Å²) in [6.45, 7) is 3.34. The van der Waals surface area contributed by atoms with Gasteiger partial charge < -0.3 is 19.7 Å². The summed E-state index contributed by atoms with van der Waals surface area (Å²) in [6.07, 6.45) is 2.04. The Bertz CT molecular complexity index is 680. The number of hydrogen-bond acceptors (Lipinski definition) is 8. The van der Waals surface area contributed by atoms with Crippen molar-refractivity contribution >= 4 is 16.5 Å². The minimum absolute atomic E-state index is 0.000586. The smallest absolute Gasteiger partial charge is 0.185 e. The number of hydrogen-bond donors (Lipinski definition) is 2. The van der Waals surface area contributed by atoms with Gasteiger partial charge in [-0.05, 0) is 19.9 Å². The number of likely N-dealkylation sites (N-methyl/N-ethyl adjacent to an activating group) is 1. The van der Waals surface area contributed by atoms with Gasteiger partial charge in [0.05, 0.1) is 25.5 Å². The third kappa shape index (κ3) is 4.17. The largest absolute Gasteiger partial charge is 0.395 e. The zero-order valence-corrected chi connectivity index (χ0v) is 15.6. The number of aliphatic hydroxyl groups excluding tert-OH is 2. The molecule has 2 aromatic rings. The fourth-order valence-corrected chi connectivity index (χ4v) is 4.07. The molecule has 0 aromatic carbocycles. The summed E-state index contributed by atoms with van der Waals surface area (Å²) in [5.74, 6) is 2.38. The normalized spacial score (nSPS) is 16.1. The number of nitrogens with zero attached hydrogens (tertiary/aromatic N) is 6. The van der Waals surface area contributed by atoms with Crippen LogP contribution >= 0.6 is 11.3 Å². The van der Waals surface area contributed by atoms with E-state index in [-0.39, 0.29) is 13.2 Å². The van der Waals surface area contributed by atoms with E-state index < -0.39 is 0 Å². The standard InChI is InChI=1S/C16H26N6O2S/c1-20(7-8-23)9-14-18-19-15(21(14)2)12-3-5-22(6-4-12)16-17-13(10-24)11-25-16/h11-12,23-24H,3-10H2,1-2H3. The Labute approximate surface area is 151 Å². The molecule has 0 bridgehead atoms. The predicted molar refractivity (Wildman–Crippen MR) is 96.6 cm³/mol. The van der Waals surface area contributed by atoms with Crippen LogP contribution in [0.4, 0.5) is 5.13 Å². The molecule has 25 heavy (non-hydrogen) atoms. The summed E-state index contributed by atoms with van der Waals surface area (Å²) >= 11 is 1.59. The van der Waals surface area contributed by atoms with E-state index in [9.17, 15) is 0 Å². The Balaban J connectivity index is 1.60. The third-order valence-electron chi connectivity index (χ3n) is 4.72. The highest BCUT2D eigenvalue weighted by molar-refractivity contribution is 7.13. The van der Waals surface area contributed by atoms with Crippen molar-refractivity contribution < 1.29 is 10.2 Å². The second-order valence-corrected chi connectivity index (χ2v) is 7.37. The average molecular weight is 366 g/mol. The van der Waals surface area contributed by atoms with Gasteiger partial charge in [-0.25, -0.2) is 4.98 Å². The van der Waals surface area contributed by atoms with Crippen LogP contribution in [0.1, 0.15) is 36.1 Å². The van der Waals surface area contributed by atoms with Gasteiger partial charge in [0.25, 0.3) is 0 Å². The van der Waals surface area contributed by atoms with Gasteiger partial charge in [0.2, 0.25) is 0 Å². The molecular weight excluding hydrogens is 340 g/mol. The quantitative estimate of drug-likeness (QED) is 0.740. The number of aromatic nitrogens is 4. The van der Waals surface area contributed by atoms with Crippen LogP contribution in [0.25, 0.3) is 0 Å². The lowest BCUT2D eigenvalue weighted by Crippen LogP contribution is -2.33. The van der Waals surface area contributed by atoms with Crippen molar-refractivity contribution in [2.24, 2.45) is 7.05 Å². The molecule has 1 fully saturated rings. The van der Waals surface area contributed by atoms with Crippen LogP contribution < -0.4 is 4.90 Å². The van der Waals surface area contributed by atoms with E-state index in [1.807, 2.05) is 24.4 Å². The fourth-order valence-electron chi connectivity index (χ4n) is 3.20. The second-order valence-electron chi connectivity index (χ2n) is 6.54. The number of thiazole rings is 1. The van der Waals surface area contributed by atoms with Gasteiger partial charge >= 0.3 is 0 Å². The fraction of sp³-hybridized carbons (Fsp3) is 0.688. The zero-order valence-electron chi connectivity index (χ0n) is 14.8. The van der Waals surface area contributed by atoms with Crippen LogP contribution in [-0.2, 0) is 20.2 Å². The van der Waals surface area contributed by atoms with Gasteiger partial charge in [-0.1, -0.05) is 0 Å². The zero-order chi connectivity index (χ0) is 17.8. The highest BCUT2D eigenvalue weighted by atomic mass is 32.1. The van der Waals surface area contributed by atoms with Crippen LogP contribution in [0.5, 0.6) is 0 Å². The van der Waals surface area contributed by atoms with Crippen LogP contribution in [0, 0.1) is 0 Å². The highest BCUT2D eigenvalue weighted by Gasteiger charge is 2.26. The van der Waals surface area contributed by atoms with Crippen molar-refractivity contribution in [3.63, 3.8) is 0 Å². The Hall–Kier alpha value is -1.55. The molecule has 0 amide bonds. The lowest BCUT2D eigenvalue weighted by Gasteiger charge is -2.31. The molecule has 0 unspecified atom stereocenters. The predicted octanol–water partition coefficient (Wildman–Crippen LogP) is 0.572. The number of anilines is 1. The molecular formula is C16H26N6O2S. The van der Waals surface area contributed by atoms with E-state index in [2.05, 4.69) is 24.6 Å². The molecule has 0 aliphatic carbocycles. The molecule has 138 valence electrons. The van der Waals surface area contributed by atoms with Gasteiger partial charge in [0.1, 0.15) is 11.6 Å². The molecule has 8 nitrogen and oxygen atoms in total. The van der Waals surface area contributed by atoms with Crippen LogP contribution in [0.15, 0.2) is 5.38 Å². The first-order valence-corrected chi connectivity index (χ1v) is 9.48. The topological polar surface area (TPSA) is 90.5 Å². The minimum Gasteiger partial charge on any atom is -0.395 e. The molecule has 0 spiro atoms. The SMILES string of the molecule is CN(CCO)Cc1nnc(C2CCN(c3nc(CO)cs3)CC2)n1C. The van der Waals surface area contributed by atoms with Crippen molar-refractivity contribution in [1.29, 1.82) is 0 Å². The van der Waals surface area contributed by atoms with Crippen molar-refractivity contribution in [2.75, 3.05) is 38.2 Å². The molecule has 3 heterocycles. The molecule has 2 aromatic heterocycles. The monoisotopic (exact) mass is 366 g/mol. The Morgan fingerprint density at radius 1 is 1.28 bits per heavy atom. The van der Waals surface area contributed by atoms with Gasteiger partial charge in [-0.15, -0.1) is 21.5 Å². The summed E-state index contributed by atoms with van der Waals surface area (Å²) in [5, 5.41) is 29.9. The summed E-state index contributed by atoms with van der Waals surface area (Å²) in [4.78, 5) is 8.78. The van der Waals surface area contributed by atoms with Crippen LogP contribution in [0.3, 0.4) is 0 Å². The highest BCUT2D eigenvalue weighted by Crippen LogP contribution is 2.31. The molecule has 3 rings (SSSR count). The van der Waals surface area contributed by atoms with E-state index in [0.29, 0.717) is 19.0 Å². The molecule has 0 atom stereocenters. The summed E-state index contributed by atoms with van der Waals surface area (Å²) in [5.41, 5.74) is 0.743. The first kappa shape index (κ1) is 18.2. The van der Waals surface area contributed by atoms with Crippen molar-refractivity contribution in [3.05, 3.63) is 22.7 Å². The molecule has 1 saturated heterocycles. The van der Waals surface area contributed by atoms with Crippen LogP contribution in [0.2, 0.25) is 0 Å². The van der Waals surface area contributed by atoms with E-state index in [0.717, 1.165) is 48.4 Å². The average Bonchev–Trinajstić information content (AvgIpc) is 3.23. The Morgan fingerprint density at radius 3 is 2.68 bits per heavy atom. The molecule has 0 radical (unpaired) electrons. The van der Waals surface area contributed by atoms with Gasteiger partial charge in [-0.3, -0.25) is 4.90 Å². The maximum atomic E-state index is 9.16.